The predicted octanol–water partition coefficient (Wildman–Crippen LogP) is -0.567. The van der Waals surface area contributed by atoms with Gasteiger partial charge < -0.3 is 10.5 Å². The van der Waals surface area contributed by atoms with Crippen molar-refractivity contribution >= 4 is 41.4 Å². The van der Waals surface area contributed by atoms with Crippen LogP contribution < -0.4 is 5.73 Å². The van der Waals surface area contributed by atoms with Gasteiger partial charge in [-0.1, -0.05) is 0 Å². The van der Waals surface area contributed by atoms with Crippen LogP contribution in [0.25, 0.3) is 0 Å². The second-order valence-electron chi connectivity index (χ2n) is 2.87. The summed E-state index contributed by atoms with van der Waals surface area (Å²) in [6.07, 6.45) is 0. The number of primary amides is 1. The summed E-state index contributed by atoms with van der Waals surface area (Å²) in [4.78, 5) is 20.6. The van der Waals surface area contributed by atoms with Gasteiger partial charge in [0.1, 0.15) is 5.60 Å². The average molecular weight is 168 g/mol. The first kappa shape index (κ1) is 13.5. The van der Waals surface area contributed by atoms with Crippen molar-refractivity contribution in [3.8, 4) is 0 Å². The van der Waals surface area contributed by atoms with Gasteiger partial charge in [-0.15, -0.1) is 0 Å². The van der Waals surface area contributed by atoms with Crippen LogP contribution in [0.1, 0.15) is 20.8 Å². The van der Waals surface area contributed by atoms with E-state index in [1.807, 2.05) is 0 Å². The average Bonchev–Trinajstić information content (AvgIpc) is 1.60. The van der Waals surface area contributed by atoms with Crippen LogP contribution >= 0.6 is 0 Å². The fraction of sp³-hybridized carbons (Fsp3) is 0.667. The van der Waals surface area contributed by atoms with Gasteiger partial charge in [0.25, 0.3) is 0 Å². The second kappa shape index (κ2) is 4.74. The van der Waals surface area contributed by atoms with Crippen molar-refractivity contribution in [2.24, 2.45) is 5.73 Å². The number of carbonyl (C=O) groups excluding carboxylic acids is 2. The van der Waals surface area contributed by atoms with Crippen LogP contribution in [0, 0.1) is 0 Å². The van der Waals surface area contributed by atoms with E-state index in [4.69, 9.17) is 0 Å². The molecule has 0 spiro atoms. The van der Waals surface area contributed by atoms with Crippen LogP contribution in [0.4, 0.5) is 0 Å². The van der Waals surface area contributed by atoms with Crippen LogP contribution in [-0.2, 0) is 14.3 Å². The maximum absolute atomic E-state index is 10.5. The van der Waals surface area contributed by atoms with Crippen molar-refractivity contribution in [3.05, 3.63) is 0 Å². The van der Waals surface area contributed by atoms with Gasteiger partial charge in [-0.2, -0.15) is 0 Å². The number of nitrogens with two attached hydrogens (primary N) is 1. The molecule has 59 valence electrons. The van der Waals surface area contributed by atoms with E-state index in [9.17, 15) is 9.59 Å². The molecule has 0 aromatic heterocycles. The first-order valence-corrected chi connectivity index (χ1v) is 2.86. The second-order valence-corrected chi connectivity index (χ2v) is 2.87. The number of hydrogen-bond acceptors (Lipinski definition) is 3. The van der Waals surface area contributed by atoms with Gasteiger partial charge in [-0.05, 0) is 20.8 Å². The summed E-state index contributed by atoms with van der Waals surface area (Å²) in [5, 5.41) is 0. The molecule has 5 heteroatoms. The van der Waals surface area contributed by atoms with Crippen LogP contribution in [-0.4, -0.2) is 47.0 Å². The molecular weight excluding hydrogens is 157 g/mol. The largest absolute Gasteiger partial charge is 0.453 e. The topological polar surface area (TPSA) is 69.4 Å². The Morgan fingerprint density at radius 1 is 1.27 bits per heavy atom. The van der Waals surface area contributed by atoms with Crippen molar-refractivity contribution in [1.29, 1.82) is 0 Å². The molecule has 0 aromatic rings. The molecule has 0 saturated carbocycles. The van der Waals surface area contributed by atoms with Crippen molar-refractivity contribution in [1.82, 2.24) is 0 Å². The summed E-state index contributed by atoms with van der Waals surface area (Å²) in [6, 6.07) is 0. The van der Waals surface area contributed by atoms with Crippen molar-refractivity contribution in [2.75, 3.05) is 0 Å². The van der Waals surface area contributed by atoms with E-state index in [2.05, 4.69) is 10.5 Å². The SMILES string of the molecule is CC(C)(C)OC(=O)C(N)=O.[Na]. The quantitative estimate of drug-likeness (QED) is 0.299. The molecule has 0 atom stereocenters. The van der Waals surface area contributed by atoms with E-state index < -0.39 is 17.5 Å². The van der Waals surface area contributed by atoms with E-state index >= 15 is 0 Å². The maximum atomic E-state index is 10.5. The zero-order chi connectivity index (χ0) is 8.36. The van der Waals surface area contributed by atoms with Gasteiger partial charge in [0.2, 0.25) is 0 Å². The molecule has 0 aliphatic heterocycles. The first-order valence-electron chi connectivity index (χ1n) is 2.86. The molecule has 0 saturated heterocycles. The molecule has 0 fully saturated rings. The molecule has 0 aliphatic rings. The monoisotopic (exact) mass is 168 g/mol. The fourth-order valence-corrected chi connectivity index (χ4v) is 0.328. The number of hydrogen-bond donors (Lipinski definition) is 1. The van der Waals surface area contributed by atoms with Gasteiger partial charge >= 0.3 is 11.9 Å². The summed E-state index contributed by atoms with van der Waals surface area (Å²) >= 11 is 0. The van der Waals surface area contributed by atoms with E-state index in [-0.39, 0.29) is 29.6 Å². The van der Waals surface area contributed by atoms with Crippen LogP contribution in [0.5, 0.6) is 0 Å². The maximum Gasteiger partial charge on any atom is 0.397 e. The van der Waals surface area contributed by atoms with E-state index in [0.717, 1.165) is 0 Å². The van der Waals surface area contributed by atoms with Crippen LogP contribution in [0.2, 0.25) is 0 Å². The molecule has 2 N–H and O–H groups in total. The molecular formula is C6H11NNaO3. The Labute approximate surface area is 87.8 Å². The number of carbonyl (C=O) groups is 2. The Balaban J connectivity index is 0. The molecule has 0 aliphatic carbocycles. The van der Waals surface area contributed by atoms with Gasteiger partial charge in [0.05, 0.1) is 0 Å². The summed E-state index contributed by atoms with van der Waals surface area (Å²) in [7, 11) is 0. The minimum atomic E-state index is -1.06. The number of ether oxygens (including phenoxy) is 1. The molecule has 0 unspecified atom stereocenters. The molecule has 1 radical (unpaired) electrons. The number of esters is 1. The van der Waals surface area contributed by atoms with Gasteiger partial charge in [0.15, 0.2) is 0 Å². The van der Waals surface area contributed by atoms with Crippen LogP contribution in [0.3, 0.4) is 0 Å². The first-order chi connectivity index (χ1) is 4.33. The molecule has 0 rings (SSSR count). The third kappa shape index (κ3) is 7.84. The van der Waals surface area contributed by atoms with Crippen molar-refractivity contribution < 1.29 is 14.3 Å². The van der Waals surface area contributed by atoms with Gasteiger partial charge in [-0.3, -0.25) is 4.79 Å². The Morgan fingerprint density at radius 2 is 1.64 bits per heavy atom. The summed E-state index contributed by atoms with van der Waals surface area (Å²) < 4.78 is 4.59. The van der Waals surface area contributed by atoms with E-state index in [0.29, 0.717) is 0 Å². The molecule has 0 aromatic carbocycles. The number of rotatable bonds is 0. The normalized spacial score (nSPS) is 9.73. The molecule has 0 bridgehead atoms. The zero-order valence-corrected chi connectivity index (χ0v) is 9.30. The Bertz CT molecular complexity index is 162. The third-order valence-electron chi connectivity index (χ3n) is 0.600. The van der Waals surface area contributed by atoms with E-state index in [1.54, 1.807) is 20.8 Å². The standard InChI is InChI=1S/C6H11NO3.Na/c1-6(2,3)10-5(9)4(7)8;/h1-3H3,(H2,7,8);. The molecule has 11 heavy (non-hydrogen) atoms. The van der Waals surface area contributed by atoms with Crippen molar-refractivity contribution in [2.45, 2.75) is 26.4 Å². The van der Waals surface area contributed by atoms with Gasteiger partial charge in [0, 0.05) is 29.6 Å². The molecule has 0 heterocycles. The predicted molar refractivity (Wildman–Crippen MR) is 40.8 cm³/mol. The summed E-state index contributed by atoms with van der Waals surface area (Å²) in [6.45, 7) is 4.98. The van der Waals surface area contributed by atoms with Crippen LogP contribution in [0.15, 0.2) is 0 Å². The fourth-order valence-electron chi connectivity index (χ4n) is 0.328. The smallest absolute Gasteiger partial charge is 0.397 e. The Kier molecular flexibility index (Phi) is 5.83. The molecule has 4 nitrogen and oxygen atoms in total. The number of amides is 1. The Morgan fingerprint density at radius 3 is 1.73 bits per heavy atom. The van der Waals surface area contributed by atoms with Crippen molar-refractivity contribution in [3.63, 3.8) is 0 Å². The minimum absolute atomic E-state index is 0. The third-order valence-corrected chi connectivity index (χ3v) is 0.600. The summed E-state index contributed by atoms with van der Waals surface area (Å²) in [5.74, 6) is -2.05. The van der Waals surface area contributed by atoms with Gasteiger partial charge in [-0.25, -0.2) is 4.79 Å². The van der Waals surface area contributed by atoms with E-state index in [1.165, 1.54) is 0 Å². The molecule has 1 amide bonds. The Hall–Kier alpha value is -0.0600. The zero-order valence-electron chi connectivity index (χ0n) is 7.30. The minimum Gasteiger partial charge on any atom is -0.453 e. The summed E-state index contributed by atoms with van der Waals surface area (Å²) in [5.41, 5.74) is 3.98.